The lowest BCUT2D eigenvalue weighted by Crippen LogP contribution is -2.64. The number of carbonyl (C=O) groups excluding carboxylic acids is 2. The number of urea groups is 1. The molecule has 0 bridgehead atoms. The fraction of sp³-hybridized carbons (Fsp3) is 0.500. The van der Waals surface area contributed by atoms with E-state index in [0.29, 0.717) is 26.2 Å². The highest BCUT2D eigenvalue weighted by Crippen LogP contribution is 2.22. The molecule has 0 unspecified atom stereocenters. The maximum Gasteiger partial charge on any atom is 0.320 e. The van der Waals surface area contributed by atoms with Gasteiger partial charge in [-0.3, -0.25) is 4.79 Å². The third-order valence-electron chi connectivity index (χ3n) is 5.45. The highest BCUT2D eigenvalue weighted by Gasteiger charge is 2.39. The van der Waals surface area contributed by atoms with Gasteiger partial charge in [-0.2, -0.15) is 0 Å². The van der Waals surface area contributed by atoms with Gasteiger partial charge in [0.1, 0.15) is 6.61 Å². The van der Waals surface area contributed by atoms with Crippen molar-refractivity contribution in [3.05, 3.63) is 29.8 Å². The number of sulfone groups is 1. The number of hydrogen-bond donors (Lipinski definition) is 1. The van der Waals surface area contributed by atoms with Gasteiger partial charge in [0.05, 0.1) is 23.0 Å². The summed E-state index contributed by atoms with van der Waals surface area (Å²) >= 11 is 0. The number of nitrogens with zero attached hydrogens (tertiary/aromatic N) is 2. The smallest absolute Gasteiger partial charge is 0.320 e. The molecule has 3 saturated heterocycles. The van der Waals surface area contributed by atoms with E-state index in [0.717, 1.165) is 12.0 Å². The third-order valence-corrected chi connectivity index (χ3v) is 6.58. The first-order chi connectivity index (χ1) is 13.8. The molecular formula is C20H23N3O5S. The second-order valence-corrected chi connectivity index (χ2v) is 9.72. The molecule has 3 fully saturated rings. The van der Waals surface area contributed by atoms with Crippen LogP contribution in [0.5, 0.6) is 0 Å². The van der Waals surface area contributed by atoms with Gasteiger partial charge in [-0.25, -0.2) is 13.2 Å². The Hall–Kier alpha value is -2.57. The zero-order chi connectivity index (χ0) is 20.6. The first kappa shape index (κ1) is 19.7. The molecule has 3 aliphatic heterocycles. The zero-order valence-corrected chi connectivity index (χ0v) is 16.9. The topological polar surface area (TPSA) is 96.0 Å². The maximum absolute atomic E-state index is 12.7. The number of benzene rings is 1. The van der Waals surface area contributed by atoms with Crippen LogP contribution in [0.3, 0.4) is 0 Å². The number of ether oxygens (including phenoxy) is 1. The first-order valence-corrected chi connectivity index (χ1v) is 11.5. The zero-order valence-electron chi connectivity index (χ0n) is 16.1. The van der Waals surface area contributed by atoms with E-state index < -0.39 is 9.84 Å². The van der Waals surface area contributed by atoms with E-state index in [1.807, 2.05) is 0 Å². The van der Waals surface area contributed by atoms with Crippen molar-refractivity contribution in [2.45, 2.75) is 23.5 Å². The van der Waals surface area contributed by atoms with Crippen molar-refractivity contribution in [3.8, 4) is 11.8 Å². The molecule has 1 aromatic carbocycles. The lowest BCUT2D eigenvalue weighted by atomic mass is 9.99. The molecule has 29 heavy (non-hydrogen) atoms. The van der Waals surface area contributed by atoms with E-state index in [9.17, 15) is 18.0 Å². The van der Waals surface area contributed by atoms with Gasteiger partial charge >= 0.3 is 6.03 Å². The summed E-state index contributed by atoms with van der Waals surface area (Å²) in [6.07, 6.45) is 1.88. The van der Waals surface area contributed by atoms with Gasteiger partial charge in [0, 0.05) is 38.0 Å². The summed E-state index contributed by atoms with van der Waals surface area (Å²) in [7, 11) is -3.21. The van der Waals surface area contributed by atoms with E-state index in [1.165, 1.54) is 6.26 Å². The molecule has 8 nitrogen and oxygen atoms in total. The molecule has 1 aromatic rings. The largest absolute Gasteiger partial charge is 0.366 e. The Morgan fingerprint density at radius 1 is 1.17 bits per heavy atom. The summed E-state index contributed by atoms with van der Waals surface area (Å²) in [6.45, 7) is 2.32. The Morgan fingerprint density at radius 2 is 1.90 bits per heavy atom. The van der Waals surface area contributed by atoms with Gasteiger partial charge < -0.3 is 19.9 Å². The lowest BCUT2D eigenvalue weighted by molar-refractivity contribution is -0.139. The Labute approximate surface area is 170 Å². The lowest BCUT2D eigenvalue weighted by Gasteiger charge is -2.45. The van der Waals surface area contributed by atoms with Crippen LogP contribution in [-0.2, 0) is 19.4 Å². The Morgan fingerprint density at radius 3 is 2.59 bits per heavy atom. The second kappa shape index (κ2) is 7.69. The summed E-state index contributed by atoms with van der Waals surface area (Å²) < 4.78 is 28.5. The highest BCUT2D eigenvalue weighted by atomic mass is 32.2. The van der Waals surface area contributed by atoms with Gasteiger partial charge in [-0.15, -0.1) is 0 Å². The third kappa shape index (κ3) is 4.38. The molecule has 154 valence electrons. The van der Waals surface area contributed by atoms with E-state index in [4.69, 9.17) is 4.74 Å². The molecule has 3 heterocycles. The quantitative estimate of drug-likeness (QED) is 0.653. The molecule has 0 aromatic heterocycles. The highest BCUT2D eigenvalue weighted by molar-refractivity contribution is 7.90. The van der Waals surface area contributed by atoms with Crippen molar-refractivity contribution < 1.29 is 22.7 Å². The number of nitrogens with one attached hydrogen (secondary N) is 1. The molecular weight excluding hydrogens is 394 g/mol. The molecule has 0 saturated carbocycles. The van der Waals surface area contributed by atoms with Crippen LogP contribution in [-0.4, -0.2) is 81.3 Å². The molecule has 9 heteroatoms. The average molecular weight is 417 g/mol. The van der Waals surface area contributed by atoms with Crippen LogP contribution < -0.4 is 5.32 Å². The summed E-state index contributed by atoms with van der Waals surface area (Å²) in [5, 5.41) is 2.90. The number of likely N-dealkylation sites (tertiary alicyclic amines) is 2. The minimum Gasteiger partial charge on any atom is -0.366 e. The van der Waals surface area contributed by atoms with Crippen LogP contribution >= 0.6 is 0 Å². The molecule has 3 amide bonds. The predicted molar refractivity (Wildman–Crippen MR) is 105 cm³/mol. The Bertz CT molecular complexity index is 974. The molecule has 2 atom stereocenters. The van der Waals surface area contributed by atoms with Crippen molar-refractivity contribution in [3.63, 3.8) is 0 Å². The molecule has 0 spiro atoms. The summed E-state index contributed by atoms with van der Waals surface area (Å²) in [4.78, 5) is 28.0. The monoisotopic (exact) mass is 417 g/mol. The first-order valence-electron chi connectivity index (χ1n) is 9.56. The minimum atomic E-state index is -3.21. The van der Waals surface area contributed by atoms with Crippen molar-refractivity contribution in [2.24, 2.45) is 5.92 Å². The van der Waals surface area contributed by atoms with E-state index in [1.54, 1.807) is 34.1 Å². The van der Waals surface area contributed by atoms with E-state index >= 15 is 0 Å². The maximum atomic E-state index is 12.7. The fourth-order valence-electron chi connectivity index (χ4n) is 3.77. The van der Waals surface area contributed by atoms with Crippen LogP contribution in [0, 0.1) is 17.8 Å². The van der Waals surface area contributed by atoms with Gasteiger partial charge in [0.2, 0.25) is 5.91 Å². The minimum absolute atomic E-state index is 0.0131. The van der Waals surface area contributed by atoms with Gasteiger partial charge in [-0.05, 0) is 30.7 Å². The van der Waals surface area contributed by atoms with Gasteiger partial charge in [0.25, 0.3) is 0 Å². The SMILES string of the molecule is CS(=O)(=O)c1ccc(C#CC2CN(C(=O)N3CC[C@@H]4OCC(=O)N[C@@H]4C3)C2)cc1. The van der Waals surface area contributed by atoms with Gasteiger partial charge in [-0.1, -0.05) is 11.8 Å². The number of amides is 3. The molecule has 0 radical (unpaired) electrons. The van der Waals surface area contributed by atoms with Crippen molar-refractivity contribution >= 4 is 21.8 Å². The number of hydrogen-bond acceptors (Lipinski definition) is 5. The average Bonchev–Trinajstić information content (AvgIpc) is 2.65. The fourth-order valence-corrected chi connectivity index (χ4v) is 4.40. The molecule has 4 rings (SSSR count). The number of fused-ring (bicyclic) bond motifs is 1. The van der Waals surface area contributed by atoms with Crippen molar-refractivity contribution in [2.75, 3.05) is 39.0 Å². The summed E-state index contributed by atoms with van der Waals surface area (Å²) in [5.74, 6) is 6.16. The van der Waals surface area contributed by atoms with Crippen LogP contribution in [0.1, 0.15) is 12.0 Å². The van der Waals surface area contributed by atoms with Gasteiger partial charge in [0.15, 0.2) is 9.84 Å². The van der Waals surface area contributed by atoms with E-state index in [2.05, 4.69) is 17.2 Å². The summed E-state index contributed by atoms with van der Waals surface area (Å²) in [5.41, 5.74) is 0.747. The number of carbonyl (C=O) groups is 2. The van der Waals surface area contributed by atoms with Crippen molar-refractivity contribution in [1.82, 2.24) is 15.1 Å². The standard InChI is InChI=1S/C20H23N3O5S/c1-29(26,27)16-6-4-14(5-7-16)2-3-15-10-23(11-15)20(25)22-9-8-18-17(12-22)21-19(24)13-28-18/h4-7,15,17-18H,8-13H2,1H3,(H,21,24)/t17-,18+/m1/s1. The Kier molecular flexibility index (Phi) is 5.23. The predicted octanol–water partition coefficient (Wildman–Crippen LogP) is 0.0827. The van der Waals surface area contributed by atoms with Crippen LogP contribution in [0.4, 0.5) is 4.79 Å². The summed E-state index contributed by atoms with van der Waals surface area (Å²) in [6, 6.07) is 6.31. The van der Waals surface area contributed by atoms with Crippen molar-refractivity contribution in [1.29, 1.82) is 0 Å². The second-order valence-electron chi connectivity index (χ2n) is 7.71. The Balaban J connectivity index is 1.28. The number of piperidine rings is 1. The van der Waals surface area contributed by atoms with Crippen LogP contribution in [0.15, 0.2) is 29.2 Å². The molecule has 0 aliphatic carbocycles. The van der Waals surface area contributed by atoms with E-state index in [-0.39, 0.29) is 41.5 Å². The number of morpholine rings is 1. The number of rotatable bonds is 1. The normalized spacial score (nSPS) is 24.7. The molecule has 1 N–H and O–H groups in total. The van der Waals surface area contributed by atoms with Crippen LogP contribution in [0.2, 0.25) is 0 Å². The molecule has 3 aliphatic rings. The van der Waals surface area contributed by atoms with Crippen LogP contribution in [0.25, 0.3) is 0 Å².